The van der Waals surface area contributed by atoms with Crippen molar-refractivity contribution in [2.24, 2.45) is 0 Å². The molecule has 1 aliphatic heterocycles. The molecule has 1 fully saturated rings. The van der Waals surface area contributed by atoms with Gasteiger partial charge in [-0.05, 0) is 50.1 Å². The average Bonchev–Trinajstić information content (AvgIpc) is 2.97. The summed E-state index contributed by atoms with van der Waals surface area (Å²) in [6, 6.07) is 11.9. The van der Waals surface area contributed by atoms with E-state index in [2.05, 4.69) is 22.3 Å². The van der Waals surface area contributed by atoms with Crippen LogP contribution in [0.25, 0.3) is 0 Å². The van der Waals surface area contributed by atoms with Gasteiger partial charge in [0, 0.05) is 32.7 Å². The summed E-state index contributed by atoms with van der Waals surface area (Å²) < 4.78 is 10.8. The largest absolute Gasteiger partial charge is 0.497 e. The Morgan fingerprint density at radius 1 is 1.15 bits per heavy atom. The van der Waals surface area contributed by atoms with Crippen molar-refractivity contribution in [2.45, 2.75) is 32.9 Å². The van der Waals surface area contributed by atoms with Gasteiger partial charge < -0.3 is 19.4 Å². The normalized spacial score (nSPS) is 16.6. The van der Waals surface area contributed by atoms with E-state index in [9.17, 15) is 4.79 Å². The van der Waals surface area contributed by atoms with Gasteiger partial charge in [0.25, 0.3) is 0 Å². The fraction of sp³-hybridized carbons (Fsp3) is 0.476. The first-order valence-corrected chi connectivity index (χ1v) is 9.52. The number of rotatable bonds is 5. The Morgan fingerprint density at radius 3 is 2.59 bits per heavy atom. The monoisotopic (exact) mass is 371 g/mol. The minimum atomic E-state index is -0.134. The minimum Gasteiger partial charge on any atom is -0.497 e. The first kappa shape index (κ1) is 19.3. The first-order valence-electron chi connectivity index (χ1n) is 9.52. The highest BCUT2D eigenvalue weighted by molar-refractivity contribution is 5.74. The quantitative estimate of drug-likeness (QED) is 0.873. The summed E-state index contributed by atoms with van der Waals surface area (Å²) in [7, 11) is 1.68. The van der Waals surface area contributed by atoms with Crippen LogP contribution in [0.3, 0.4) is 0 Å². The molecule has 1 N–H and O–H groups in total. The van der Waals surface area contributed by atoms with Crippen LogP contribution >= 0.6 is 0 Å². The number of aryl methyl sites for hydroxylation is 1. The number of methoxy groups -OCH3 is 1. The third-order valence-corrected chi connectivity index (χ3v) is 4.97. The molecule has 2 heterocycles. The standard InChI is InChI=1S/C21H29N3O3/c1-16-5-10-20(27-16)17(2)22-21(25)24-12-4-11-23(13-14-24)15-18-6-8-19(26-3)9-7-18/h5-10,17H,4,11-15H2,1-3H3,(H,22,25). The molecule has 27 heavy (non-hydrogen) atoms. The van der Waals surface area contributed by atoms with Gasteiger partial charge in [0.2, 0.25) is 0 Å². The number of hydrogen-bond acceptors (Lipinski definition) is 4. The zero-order chi connectivity index (χ0) is 19.2. The Morgan fingerprint density at radius 2 is 1.93 bits per heavy atom. The van der Waals surface area contributed by atoms with Crippen LogP contribution in [0.15, 0.2) is 40.8 Å². The van der Waals surface area contributed by atoms with Gasteiger partial charge in [-0.25, -0.2) is 4.79 Å². The lowest BCUT2D eigenvalue weighted by Crippen LogP contribution is -2.42. The van der Waals surface area contributed by atoms with E-state index in [1.807, 2.05) is 43.0 Å². The van der Waals surface area contributed by atoms with Crippen molar-refractivity contribution in [2.75, 3.05) is 33.3 Å². The Hall–Kier alpha value is -2.47. The van der Waals surface area contributed by atoms with Crippen molar-refractivity contribution in [3.63, 3.8) is 0 Å². The highest BCUT2D eigenvalue weighted by atomic mass is 16.5. The van der Waals surface area contributed by atoms with Crippen LogP contribution in [0.2, 0.25) is 0 Å². The molecule has 0 saturated carbocycles. The van der Waals surface area contributed by atoms with Crippen LogP contribution in [0.4, 0.5) is 4.79 Å². The molecule has 0 spiro atoms. The highest BCUT2D eigenvalue weighted by Gasteiger charge is 2.21. The van der Waals surface area contributed by atoms with Gasteiger partial charge in [-0.2, -0.15) is 0 Å². The molecule has 1 saturated heterocycles. The van der Waals surface area contributed by atoms with Crippen LogP contribution in [0.1, 0.15) is 36.5 Å². The lowest BCUT2D eigenvalue weighted by molar-refractivity contribution is 0.193. The second-order valence-corrected chi connectivity index (χ2v) is 7.08. The summed E-state index contributed by atoms with van der Waals surface area (Å²) in [4.78, 5) is 16.9. The summed E-state index contributed by atoms with van der Waals surface area (Å²) >= 11 is 0. The third-order valence-electron chi connectivity index (χ3n) is 4.97. The zero-order valence-corrected chi connectivity index (χ0v) is 16.4. The van der Waals surface area contributed by atoms with E-state index in [1.54, 1.807) is 7.11 Å². The number of hydrogen-bond donors (Lipinski definition) is 1. The topological polar surface area (TPSA) is 58.0 Å². The molecule has 0 radical (unpaired) electrons. The van der Waals surface area contributed by atoms with E-state index >= 15 is 0 Å². The molecule has 1 aromatic heterocycles. The second-order valence-electron chi connectivity index (χ2n) is 7.08. The first-order chi connectivity index (χ1) is 13.0. The molecule has 6 heteroatoms. The molecule has 1 aliphatic rings. The Balaban J connectivity index is 1.50. The van der Waals surface area contributed by atoms with Crippen molar-refractivity contribution < 1.29 is 13.9 Å². The highest BCUT2D eigenvalue weighted by Crippen LogP contribution is 2.17. The smallest absolute Gasteiger partial charge is 0.318 e. The van der Waals surface area contributed by atoms with Gasteiger partial charge in [0.05, 0.1) is 13.2 Å². The van der Waals surface area contributed by atoms with Crippen molar-refractivity contribution in [3.8, 4) is 5.75 Å². The zero-order valence-electron chi connectivity index (χ0n) is 16.4. The minimum absolute atomic E-state index is 0.0251. The third kappa shape index (κ3) is 5.26. The van der Waals surface area contributed by atoms with Crippen LogP contribution in [-0.2, 0) is 6.54 Å². The lowest BCUT2D eigenvalue weighted by Gasteiger charge is -2.24. The fourth-order valence-electron chi connectivity index (χ4n) is 3.36. The van der Waals surface area contributed by atoms with Crippen molar-refractivity contribution in [1.82, 2.24) is 15.1 Å². The number of nitrogens with one attached hydrogen (secondary N) is 1. The number of carbonyl (C=O) groups is 1. The molecule has 2 aromatic rings. The van der Waals surface area contributed by atoms with E-state index in [4.69, 9.17) is 9.15 Å². The summed E-state index contributed by atoms with van der Waals surface area (Å²) in [5.41, 5.74) is 1.26. The molecule has 146 valence electrons. The molecule has 1 aromatic carbocycles. The molecular weight excluding hydrogens is 342 g/mol. The van der Waals surface area contributed by atoms with E-state index in [0.717, 1.165) is 56.4 Å². The van der Waals surface area contributed by atoms with Crippen LogP contribution in [0.5, 0.6) is 5.75 Å². The summed E-state index contributed by atoms with van der Waals surface area (Å²) in [5.74, 6) is 2.52. The Labute approximate surface area is 161 Å². The van der Waals surface area contributed by atoms with E-state index in [0.29, 0.717) is 0 Å². The Bertz CT molecular complexity index is 741. The van der Waals surface area contributed by atoms with Gasteiger partial charge in [-0.15, -0.1) is 0 Å². The number of urea groups is 1. The number of amides is 2. The van der Waals surface area contributed by atoms with Crippen LogP contribution < -0.4 is 10.1 Å². The molecule has 3 rings (SSSR count). The molecule has 2 amide bonds. The second kappa shape index (κ2) is 8.95. The maximum Gasteiger partial charge on any atom is 0.318 e. The van der Waals surface area contributed by atoms with Crippen LogP contribution in [-0.4, -0.2) is 49.1 Å². The number of benzene rings is 1. The Kier molecular flexibility index (Phi) is 6.40. The molecule has 0 bridgehead atoms. The van der Waals surface area contributed by atoms with Crippen molar-refractivity contribution >= 4 is 6.03 Å². The van der Waals surface area contributed by atoms with Gasteiger partial charge in [0.15, 0.2) is 0 Å². The van der Waals surface area contributed by atoms with Crippen LogP contribution in [0, 0.1) is 6.92 Å². The number of ether oxygens (including phenoxy) is 1. The average molecular weight is 371 g/mol. The summed E-state index contributed by atoms with van der Waals surface area (Å²) in [6.07, 6.45) is 0.970. The van der Waals surface area contributed by atoms with E-state index in [1.165, 1.54) is 5.56 Å². The van der Waals surface area contributed by atoms with Gasteiger partial charge in [-0.1, -0.05) is 12.1 Å². The summed E-state index contributed by atoms with van der Waals surface area (Å²) in [6.45, 7) is 8.10. The van der Waals surface area contributed by atoms with Crippen molar-refractivity contribution in [3.05, 3.63) is 53.5 Å². The van der Waals surface area contributed by atoms with Gasteiger partial charge >= 0.3 is 6.03 Å². The molecule has 1 atom stereocenters. The summed E-state index contributed by atoms with van der Waals surface area (Å²) in [5, 5.41) is 3.05. The molecule has 1 unspecified atom stereocenters. The number of carbonyl (C=O) groups excluding carboxylic acids is 1. The SMILES string of the molecule is COc1ccc(CN2CCCN(C(=O)NC(C)c3ccc(C)o3)CC2)cc1. The fourth-order valence-corrected chi connectivity index (χ4v) is 3.36. The molecule has 6 nitrogen and oxygen atoms in total. The molecule has 0 aliphatic carbocycles. The maximum atomic E-state index is 12.6. The van der Waals surface area contributed by atoms with Gasteiger partial charge in [0.1, 0.15) is 17.3 Å². The van der Waals surface area contributed by atoms with E-state index in [-0.39, 0.29) is 12.1 Å². The number of furan rings is 1. The number of nitrogens with zero attached hydrogens (tertiary/aromatic N) is 2. The van der Waals surface area contributed by atoms with Crippen molar-refractivity contribution in [1.29, 1.82) is 0 Å². The van der Waals surface area contributed by atoms with E-state index < -0.39 is 0 Å². The maximum absolute atomic E-state index is 12.6. The predicted octanol–water partition coefficient (Wildman–Crippen LogP) is 3.58. The predicted molar refractivity (Wildman–Crippen MR) is 105 cm³/mol. The van der Waals surface area contributed by atoms with Gasteiger partial charge in [-0.3, -0.25) is 4.90 Å². The molecular formula is C21H29N3O3. The lowest BCUT2D eigenvalue weighted by atomic mass is 10.2.